The molecule has 1 aliphatic carbocycles. The molecule has 0 heterocycles. The van der Waals surface area contributed by atoms with Crippen molar-refractivity contribution in [2.75, 3.05) is 18.4 Å². The van der Waals surface area contributed by atoms with Gasteiger partial charge in [0.05, 0.1) is 0 Å². The Hall–Kier alpha value is -0.0500. The van der Waals surface area contributed by atoms with E-state index in [1.165, 1.54) is 19.3 Å². The minimum absolute atomic E-state index is 0.357. The van der Waals surface area contributed by atoms with Gasteiger partial charge >= 0.3 is 0 Å². The third-order valence-electron chi connectivity index (χ3n) is 2.89. The lowest BCUT2D eigenvalue weighted by atomic mass is 9.82. The molecule has 0 bridgehead atoms. The molecule has 3 heteroatoms. The zero-order valence-electron chi connectivity index (χ0n) is 8.97. The Bertz CT molecular complexity index is 174. The average molecular weight is 262 g/mol. The van der Waals surface area contributed by atoms with Gasteiger partial charge in [-0.15, -0.1) is 0 Å². The van der Waals surface area contributed by atoms with Gasteiger partial charge in [0.1, 0.15) is 0 Å². The van der Waals surface area contributed by atoms with E-state index in [0.717, 1.165) is 31.3 Å². The van der Waals surface area contributed by atoms with Gasteiger partial charge in [0.15, 0.2) is 0 Å². The van der Waals surface area contributed by atoms with Gasteiger partial charge in [-0.25, -0.2) is 0 Å². The summed E-state index contributed by atoms with van der Waals surface area (Å²) in [7, 11) is 0. The summed E-state index contributed by atoms with van der Waals surface area (Å²) < 4.78 is 0. The summed E-state index contributed by atoms with van der Waals surface area (Å²) in [6.07, 6.45) is 5.70. The molecule has 1 fully saturated rings. The van der Waals surface area contributed by atoms with Crippen LogP contribution in [0, 0.1) is 5.92 Å². The average Bonchev–Trinajstić information content (AvgIpc) is 2.11. The summed E-state index contributed by atoms with van der Waals surface area (Å²) in [6.45, 7) is 3.90. The predicted octanol–water partition coefficient (Wildman–Crippen LogP) is 2.81. The Balaban J connectivity index is 2.28. The summed E-state index contributed by atoms with van der Waals surface area (Å²) in [5.74, 6) is 1.05. The largest absolute Gasteiger partial charge is 0.342 e. The van der Waals surface area contributed by atoms with Crippen molar-refractivity contribution < 1.29 is 4.79 Å². The second kappa shape index (κ2) is 6.44. The fraction of sp³-hybridized carbons (Fsp3) is 0.909. The number of rotatable bonds is 6. The van der Waals surface area contributed by atoms with Crippen LogP contribution in [-0.2, 0) is 4.79 Å². The Morgan fingerprint density at radius 1 is 1.43 bits per heavy atom. The number of amides is 1. The lowest BCUT2D eigenvalue weighted by Crippen LogP contribution is -2.35. The smallest absolute Gasteiger partial charge is 0.222 e. The standard InChI is InChI=1S/C11H20BrNO/c1-2-7-13(8-6-12)11(14)9-10-4-3-5-10/h10H,2-9H2,1H3. The molecule has 0 N–H and O–H groups in total. The van der Waals surface area contributed by atoms with Crippen LogP contribution in [0.5, 0.6) is 0 Å². The monoisotopic (exact) mass is 261 g/mol. The molecule has 0 radical (unpaired) electrons. The van der Waals surface area contributed by atoms with Gasteiger partial charge in [-0.3, -0.25) is 4.79 Å². The Kier molecular flexibility index (Phi) is 5.53. The number of alkyl halides is 1. The van der Waals surface area contributed by atoms with Crippen molar-refractivity contribution in [3.05, 3.63) is 0 Å². The zero-order valence-corrected chi connectivity index (χ0v) is 10.6. The highest BCUT2D eigenvalue weighted by Gasteiger charge is 2.23. The molecular weight excluding hydrogens is 242 g/mol. The Labute approximate surface area is 95.2 Å². The second-order valence-electron chi connectivity index (χ2n) is 4.07. The van der Waals surface area contributed by atoms with Crippen LogP contribution in [0.4, 0.5) is 0 Å². The Morgan fingerprint density at radius 3 is 2.57 bits per heavy atom. The summed E-state index contributed by atoms with van der Waals surface area (Å²) in [5.41, 5.74) is 0. The number of hydrogen-bond donors (Lipinski definition) is 0. The molecular formula is C11H20BrNO. The van der Waals surface area contributed by atoms with E-state index in [4.69, 9.17) is 0 Å². The summed E-state index contributed by atoms with van der Waals surface area (Å²) in [6, 6.07) is 0. The molecule has 0 aromatic rings. The van der Waals surface area contributed by atoms with Crippen LogP contribution in [0.3, 0.4) is 0 Å². The van der Waals surface area contributed by atoms with Crippen molar-refractivity contribution >= 4 is 21.8 Å². The summed E-state index contributed by atoms with van der Waals surface area (Å²) >= 11 is 3.39. The summed E-state index contributed by atoms with van der Waals surface area (Å²) in [5, 5.41) is 0.892. The van der Waals surface area contributed by atoms with Crippen LogP contribution in [0.1, 0.15) is 39.0 Å². The molecule has 0 aromatic heterocycles. The van der Waals surface area contributed by atoms with Crippen molar-refractivity contribution in [2.24, 2.45) is 5.92 Å². The molecule has 1 amide bonds. The maximum Gasteiger partial charge on any atom is 0.222 e. The first-order valence-corrected chi connectivity index (χ1v) is 6.73. The highest BCUT2D eigenvalue weighted by molar-refractivity contribution is 9.09. The van der Waals surface area contributed by atoms with Crippen LogP contribution in [0.15, 0.2) is 0 Å². The van der Waals surface area contributed by atoms with E-state index in [9.17, 15) is 4.79 Å². The molecule has 82 valence electrons. The molecule has 1 rings (SSSR count). The normalized spacial score (nSPS) is 16.4. The van der Waals surface area contributed by atoms with Gasteiger partial charge in [-0.1, -0.05) is 29.3 Å². The zero-order chi connectivity index (χ0) is 10.4. The SMILES string of the molecule is CCCN(CCBr)C(=O)CC1CCC1. The van der Waals surface area contributed by atoms with Crippen LogP contribution < -0.4 is 0 Å². The minimum atomic E-state index is 0.357. The Morgan fingerprint density at radius 2 is 2.14 bits per heavy atom. The molecule has 14 heavy (non-hydrogen) atoms. The van der Waals surface area contributed by atoms with Crippen molar-refractivity contribution in [1.82, 2.24) is 4.90 Å². The molecule has 0 unspecified atom stereocenters. The van der Waals surface area contributed by atoms with Gasteiger partial charge in [0.2, 0.25) is 5.91 Å². The topological polar surface area (TPSA) is 20.3 Å². The molecule has 0 saturated heterocycles. The first-order valence-electron chi connectivity index (χ1n) is 5.61. The van der Waals surface area contributed by atoms with E-state index in [1.54, 1.807) is 0 Å². The molecule has 1 aliphatic rings. The van der Waals surface area contributed by atoms with Crippen molar-refractivity contribution in [3.63, 3.8) is 0 Å². The van der Waals surface area contributed by atoms with Crippen LogP contribution in [-0.4, -0.2) is 29.2 Å². The summed E-state index contributed by atoms with van der Waals surface area (Å²) in [4.78, 5) is 13.8. The quantitative estimate of drug-likeness (QED) is 0.674. The highest BCUT2D eigenvalue weighted by Crippen LogP contribution is 2.29. The van der Waals surface area contributed by atoms with Gasteiger partial charge in [-0.2, -0.15) is 0 Å². The van der Waals surface area contributed by atoms with E-state index in [2.05, 4.69) is 22.9 Å². The third kappa shape index (κ3) is 3.60. The maximum absolute atomic E-state index is 11.8. The lowest BCUT2D eigenvalue weighted by molar-refractivity contribution is -0.132. The molecule has 2 nitrogen and oxygen atoms in total. The molecule has 0 aromatic carbocycles. The van der Waals surface area contributed by atoms with E-state index in [0.29, 0.717) is 11.8 Å². The number of carbonyl (C=O) groups is 1. The van der Waals surface area contributed by atoms with Gasteiger partial charge < -0.3 is 4.90 Å². The first-order chi connectivity index (χ1) is 6.77. The van der Waals surface area contributed by atoms with Gasteiger partial charge in [0.25, 0.3) is 0 Å². The van der Waals surface area contributed by atoms with Crippen LogP contribution >= 0.6 is 15.9 Å². The fourth-order valence-corrected chi connectivity index (χ4v) is 2.23. The number of carbonyl (C=O) groups excluding carboxylic acids is 1. The fourth-order valence-electron chi connectivity index (χ4n) is 1.81. The van der Waals surface area contributed by atoms with E-state index < -0.39 is 0 Å². The van der Waals surface area contributed by atoms with Gasteiger partial charge in [-0.05, 0) is 25.2 Å². The molecule has 0 spiro atoms. The maximum atomic E-state index is 11.8. The number of nitrogens with zero attached hydrogens (tertiary/aromatic N) is 1. The van der Waals surface area contributed by atoms with Crippen molar-refractivity contribution in [1.29, 1.82) is 0 Å². The molecule has 1 saturated carbocycles. The van der Waals surface area contributed by atoms with Crippen LogP contribution in [0.25, 0.3) is 0 Å². The number of halogens is 1. The predicted molar refractivity (Wildman–Crippen MR) is 62.6 cm³/mol. The first kappa shape index (κ1) is 12.0. The van der Waals surface area contributed by atoms with Gasteiger partial charge in [0, 0.05) is 24.8 Å². The lowest BCUT2D eigenvalue weighted by Gasteiger charge is -2.28. The number of hydrogen-bond acceptors (Lipinski definition) is 1. The van der Waals surface area contributed by atoms with Crippen molar-refractivity contribution in [3.8, 4) is 0 Å². The second-order valence-corrected chi connectivity index (χ2v) is 4.86. The van der Waals surface area contributed by atoms with Crippen molar-refractivity contribution in [2.45, 2.75) is 39.0 Å². The van der Waals surface area contributed by atoms with E-state index in [1.807, 2.05) is 4.90 Å². The molecule has 0 atom stereocenters. The van der Waals surface area contributed by atoms with Crippen LogP contribution in [0.2, 0.25) is 0 Å². The third-order valence-corrected chi connectivity index (χ3v) is 3.24. The van der Waals surface area contributed by atoms with E-state index >= 15 is 0 Å². The highest BCUT2D eigenvalue weighted by atomic mass is 79.9. The van der Waals surface area contributed by atoms with E-state index in [-0.39, 0.29) is 0 Å². The minimum Gasteiger partial charge on any atom is -0.342 e. The molecule has 0 aliphatic heterocycles.